The first kappa shape index (κ1) is 13.6. The third-order valence-corrected chi connectivity index (χ3v) is 1.75. The summed E-state index contributed by atoms with van der Waals surface area (Å²) in [6.07, 6.45) is -0.0209. The molecule has 7 heteroatoms. The fraction of sp³-hybridized carbons (Fsp3) is 0.600. The molecule has 17 heavy (non-hydrogen) atoms. The van der Waals surface area contributed by atoms with E-state index in [0.29, 0.717) is 12.2 Å². The van der Waals surface area contributed by atoms with Crippen molar-refractivity contribution < 1.29 is 9.53 Å². The van der Waals surface area contributed by atoms with Crippen molar-refractivity contribution in [3.8, 4) is 0 Å². The predicted molar refractivity (Wildman–Crippen MR) is 64.1 cm³/mol. The summed E-state index contributed by atoms with van der Waals surface area (Å²) < 4.78 is 5.06. The van der Waals surface area contributed by atoms with Crippen LogP contribution in [0.25, 0.3) is 0 Å². The summed E-state index contributed by atoms with van der Waals surface area (Å²) in [7, 11) is 0. The van der Waals surface area contributed by atoms with Crippen LogP contribution < -0.4 is 5.32 Å². The minimum absolute atomic E-state index is 0.0444. The third kappa shape index (κ3) is 4.95. The van der Waals surface area contributed by atoms with Crippen molar-refractivity contribution in [3.05, 3.63) is 11.1 Å². The van der Waals surface area contributed by atoms with Gasteiger partial charge in [-0.25, -0.2) is 9.78 Å². The summed E-state index contributed by atoms with van der Waals surface area (Å²) in [6, 6.07) is 0. The Morgan fingerprint density at radius 1 is 1.35 bits per heavy atom. The van der Waals surface area contributed by atoms with Crippen molar-refractivity contribution in [2.45, 2.75) is 39.7 Å². The van der Waals surface area contributed by atoms with Gasteiger partial charge in [0, 0.05) is 6.42 Å². The van der Waals surface area contributed by atoms with Gasteiger partial charge in [0.05, 0.1) is 0 Å². The quantitative estimate of drug-likeness (QED) is 0.882. The molecule has 0 aliphatic rings. The Labute approximate surface area is 105 Å². The fourth-order valence-electron chi connectivity index (χ4n) is 1.00. The molecule has 1 aromatic rings. The van der Waals surface area contributed by atoms with Crippen LogP contribution >= 0.6 is 11.6 Å². The molecule has 0 bridgehead atoms. The summed E-state index contributed by atoms with van der Waals surface area (Å²) in [5.41, 5.74) is -0.575. The molecular weight excluding hydrogens is 244 g/mol. The molecule has 0 saturated heterocycles. The second kappa shape index (κ2) is 5.27. The number of carbonyl (C=O) groups excluding carboxylic acids is 1. The lowest BCUT2D eigenvalue weighted by molar-refractivity contribution is 0.0634. The molecule has 0 aliphatic carbocycles. The zero-order valence-electron chi connectivity index (χ0n) is 10.2. The van der Waals surface area contributed by atoms with Crippen LogP contribution in [0.4, 0.5) is 10.7 Å². The maximum absolute atomic E-state index is 11.5. The molecule has 1 rings (SSSR count). The van der Waals surface area contributed by atoms with Crippen molar-refractivity contribution in [2.24, 2.45) is 0 Å². The number of aromatic nitrogens is 3. The number of amides is 1. The minimum Gasteiger partial charge on any atom is -0.444 e. The van der Waals surface area contributed by atoms with Gasteiger partial charge in [0.15, 0.2) is 0 Å². The maximum atomic E-state index is 11.5. The first-order valence-electron chi connectivity index (χ1n) is 5.20. The number of rotatable bonds is 2. The molecule has 0 aromatic carbocycles. The first-order valence-corrected chi connectivity index (χ1v) is 5.58. The zero-order chi connectivity index (χ0) is 13.1. The van der Waals surface area contributed by atoms with Gasteiger partial charge in [-0.3, -0.25) is 5.32 Å². The van der Waals surface area contributed by atoms with Crippen molar-refractivity contribution >= 4 is 23.6 Å². The Hall–Kier alpha value is -1.43. The second-order valence-corrected chi connectivity index (χ2v) is 4.66. The third-order valence-electron chi connectivity index (χ3n) is 1.58. The molecule has 0 unspecified atom stereocenters. The van der Waals surface area contributed by atoms with Crippen LogP contribution in [-0.4, -0.2) is 26.6 Å². The lowest BCUT2D eigenvalue weighted by Gasteiger charge is -2.19. The molecule has 1 heterocycles. The van der Waals surface area contributed by atoms with Gasteiger partial charge in [-0.05, 0) is 32.4 Å². The Balaban J connectivity index is 2.74. The average Bonchev–Trinajstić information content (AvgIpc) is 2.13. The van der Waals surface area contributed by atoms with Gasteiger partial charge < -0.3 is 4.74 Å². The van der Waals surface area contributed by atoms with Crippen molar-refractivity contribution in [2.75, 3.05) is 5.32 Å². The monoisotopic (exact) mass is 258 g/mol. The Morgan fingerprint density at radius 3 is 2.53 bits per heavy atom. The molecule has 0 spiro atoms. The molecule has 0 radical (unpaired) electrons. The van der Waals surface area contributed by atoms with Crippen LogP contribution in [0, 0.1) is 0 Å². The van der Waals surface area contributed by atoms with Crippen LogP contribution in [0.5, 0.6) is 0 Å². The summed E-state index contributed by atoms with van der Waals surface area (Å²) in [5.74, 6) is 0.604. The van der Waals surface area contributed by atoms with Gasteiger partial charge in [-0.1, -0.05) is 6.92 Å². The van der Waals surface area contributed by atoms with Crippen molar-refractivity contribution in [1.82, 2.24) is 15.0 Å². The molecule has 1 aromatic heterocycles. The highest BCUT2D eigenvalue weighted by Crippen LogP contribution is 2.10. The van der Waals surface area contributed by atoms with Gasteiger partial charge >= 0.3 is 6.09 Å². The van der Waals surface area contributed by atoms with E-state index in [1.807, 2.05) is 6.92 Å². The number of hydrogen-bond acceptors (Lipinski definition) is 5. The van der Waals surface area contributed by atoms with E-state index in [9.17, 15) is 4.79 Å². The van der Waals surface area contributed by atoms with E-state index in [1.54, 1.807) is 20.8 Å². The summed E-state index contributed by atoms with van der Waals surface area (Å²) >= 11 is 5.69. The fourth-order valence-corrected chi connectivity index (χ4v) is 1.18. The summed E-state index contributed by atoms with van der Waals surface area (Å²) in [6.45, 7) is 7.18. The predicted octanol–water partition coefficient (Wildman–Crippen LogP) is 2.43. The van der Waals surface area contributed by atoms with E-state index in [0.717, 1.165) is 0 Å². The van der Waals surface area contributed by atoms with Gasteiger partial charge in [-0.2, -0.15) is 9.97 Å². The number of halogens is 1. The highest BCUT2D eigenvalue weighted by atomic mass is 35.5. The number of ether oxygens (including phenoxy) is 1. The van der Waals surface area contributed by atoms with Gasteiger partial charge in [0.2, 0.25) is 11.2 Å². The van der Waals surface area contributed by atoms with E-state index in [2.05, 4.69) is 20.3 Å². The highest BCUT2D eigenvalue weighted by Gasteiger charge is 2.17. The van der Waals surface area contributed by atoms with Crippen LogP contribution in [-0.2, 0) is 11.2 Å². The molecule has 1 N–H and O–H groups in total. The number of anilines is 1. The SMILES string of the molecule is CCc1nc(Cl)nc(NC(=O)OC(C)(C)C)n1. The molecule has 6 nitrogen and oxygen atoms in total. The number of hydrogen-bond donors (Lipinski definition) is 1. The van der Waals surface area contributed by atoms with Crippen molar-refractivity contribution in [1.29, 1.82) is 0 Å². The smallest absolute Gasteiger partial charge is 0.414 e. The standard InChI is InChI=1S/C10H15ClN4O2/c1-5-6-12-7(11)14-8(13-6)15-9(16)17-10(2,3)4/h5H2,1-4H3,(H,12,13,14,15,16). The second-order valence-electron chi connectivity index (χ2n) is 4.32. The summed E-state index contributed by atoms with van der Waals surface area (Å²) in [5, 5.41) is 2.45. The average molecular weight is 259 g/mol. The molecular formula is C10H15ClN4O2. The van der Waals surface area contributed by atoms with E-state index < -0.39 is 11.7 Å². The molecule has 94 valence electrons. The summed E-state index contributed by atoms with van der Waals surface area (Å²) in [4.78, 5) is 23.1. The van der Waals surface area contributed by atoms with Gasteiger partial charge in [-0.15, -0.1) is 0 Å². The van der Waals surface area contributed by atoms with E-state index >= 15 is 0 Å². The molecule has 1 amide bonds. The number of aryl methyl sites for hydroxylation is 1. The zero-order valence-corrected chi connectivity index (χ0v) is 11.0. The lowest BCUT2D eigenvalue weighted by atomic mass is 10.2. The van der Waals surface area contributed by atoms with E-state index in [-0.39, 0.29) is 11.2 Å². The normalized spacial score (nSPS) is 11.1. The van der Waals surface area contributed by atoms with E-state index in [1.165, 1.54) is 0 Å². The van der Waals surface area contributed by atoms with Gasteiger partial charge in [0.1, 0.15) is 11.4 Å². The first-order chi connectivity index (χ1) is 7.80. The van der Waals surface area contributed by atoms with Crippen molar-refractivity contribution in [3.63, 3.8) is 0 Å². The number of nitrogens with zero attached hydrogens (tertiary/aromatic N) is 3. The Kier molecular flexibility index (Phi) is 4.22. The molecule has 0 aliphatic heterocycles. The Bertz CT molecular complexity index is 417. The molecule has 0 fully saturated rings. The number of nitrogens with one attached hydrogen (secondary N) is 1. The van der Waals surface area contributed by atoms with Crippen LogP contribution in [0.15, 0.2) is 0 Å². The topological polar surface area (TPSA) is 77.0 Å². The molecule has 0 atom stereocenters. The van der Waals surface area contributed by atoms with Gasteiger partial charge in [0.25, 0.3) is 0 Å². The maximum Gasteiger partial charge on any atom is 0.414 e. The minimum atomic E-state index is -0.623. The van der Waals surface area contributed by atoms with E-state index in [4.69, 9.17) is 16.3 Å². The van der Waals surface area contributed by atoms with Crippen LogP contribution in [0.2, 0.25) is 5.28 Å². The largest absolute Gasteiger partial charge is 0.444 e. The molecule has 0 saturated carbocycles. The lowest BCUT2D eigenvalue weighted by Crippen LogP contribution is -2.28. The van der Waals surface area contributed by atoms with Crippen LogP contribution in [0.3, 0.4) is 0 Å². The Morgan fingerprint density at radius 2 is 2.00 bits per heavy atom. The highest BCUT2D eigenvalue weighted by molar-refractivity contribution is 6.28. The number of carbonyl (C=O) groups is 1. The van der Waals surface area contributed by atoms with Crippen LogP contribution in [0.1, 0.15) is 33.5 Å².